The van der Waals surface area contributed by atoms with E-state index in [4.69, 9.17) is 6.57 Å². The van der Waals surface area contributed by atoms with Gasteiger partial charge in [-0.05, 0) is 48.7 Å². The minimum absolute atomic E-state index is 0.246. The van der Waals surface area contributed by atoms with Gasteiger partial charge in [-0.2, -0.15) is 5.10 Å². The number of fused-ring (bicyclic) bond motifs is 1. The standard InChI is InChI=1S/C25H24N6O2/c1-26-23-12-11-21-24(29-23)19(25(33)28-20-5-2-3-6-22(20)32)16-30(21)15-17-7-9-18(10-8-17)31-14-4-13-27-31/h4,7-14,16,20,22,32H,2-3,5-6,15H2,(H,28,33)/t20-,22-/m0/s1. The fraction of sp³-hybridized carbons (Fsp3) is 0.280. The summed E-state index contributed by atoms with van der Waals surface area (Å²) in [4.78, 5) is 21.0. The van der Waals surface area contributed by atoms with E-state index in [1.165, 1.54) is 0 Å². The van der Waals surface area contributed by atoms with Gasteiger partial charge >= 0.3 is 0 Å². The van der Waals surface area contributed by atoms with Crippen LogP contribution in [-0.4, -0.2) is 42.5 Å². The number of carbonyl (C=O) groups excluding carboxylic acids is 1. The van der Waals surface area contributed by atoms with E-state index in [0.717, 1.165) is 36.0 Å². The summed E-state index contributed by atoms with van der Waals surface area (Å²) in [5.41, 5.74) is 3.73. The number of carbonyl (C=O) groups is 1. The van der Waals surface area contributed by atoms with Crippen LogP contribution >= 0.6 is 0 Å². The average Bonchev–Trinajstić information content (AvgIpc) is 3.49. The second-order valence-corrected chi connectivity index (χ2v) is 8.37. The Labute approximate surface area is 191 Å². The quantitative estimate of drug-likeness (QED) is 0.461. The molecular weight excluding hydrogens is 416 g/mol. The summed E-state index contributed by atoms with van der Waals surface area (Å²) in [5, 5.41) is 17.5. The van der Waals surface area contributed by atoms with Gasteiger partial charge in [0.15, 0.2) is 5.52 Å². The van der Waals surface area contributed by atoms with Crippen LogP contribution in [0.3, 0.4) is 0 Å². The topological polar surface area (TPSA) is 89.3 Å². The number of aliphatic hydroxyl groups is 1. The predicted octanol–water partition coefficient (Wildman–Crippen LogP) is 3.85. The van der Waals surface area contributed by atoms with E-state index >= 15 is 0 Å². The molecule has 166 valence electrons. The Morgan fingerprint density at radius 1 is 1.18 bits per heavy atom. The van der Waals surface area contributed by atoms with Crippen LogP contribution in [0.1, 0.15) is 41.6 Å². The van der Waals surface area contributed by atoms with E-state index in [1.54, 1.807) is 23.1 Å². The van der Waals surface area contributed by atoms with Crippen molar-refractivity contribution in [1.29, 1.82) is 0 Å². The maximum atomic E-state index is 13.2. The Hall–Kier alpha value is -3.96. The molecule has 2 atom stereocenters. The molecule has 2 N–H and O–H groups in total. The highest BCUT2D eigenvalue weighted by Crippen LogP contribution is 2.25. The molecule has 0 radical (unpaired) electrons. The number of hydrogen-bond donors (Lipinski definition) is 2. The fourth-order valence-electron chi connectivity index (χ4n) is 4.42. The summed E-state index contributed by atoms with van der Waals surface area (Å²) < 4.78 is 3.78. The van der Waals surface area contributed by atoms with Gasteiger partial charge in [-0.15, -0.1) is 4.98 Å². The smallest absolute Gasteiger partial charge is 0.270 e. The number of aromatic nitrogens is 4. The van der Waals surface area contributed by atoms with Gasteiger partial charge in [-0.25, -0.2) is 4.68 Å². The minimum Gasteiger partial charge on any atom is -0.391 e. The van der Waals surface area contributed by atoms with Gasteiger partial charge in [0.25, 0.3) is 11.7 Å². The average molecular weight is 441 g/mol. The van der Waals surface area contributed by atoms with Crippen molar-refractivity contribution in [2.24, 2.45) is 0 Å². The largest absolute Gasteiger partial charge is 0.391 e. The van der Waals surface area contributed by atoms with Crippen molar-refractivity contribution in [2.45, 2.75) is 44.4 Å². The number of hydrogen-bond acceptors (Lipinski definition) is 4. The number of pyridine rings is 1. The lowest BCUT2D eigenvalue weighted by Crippen LogP contribution is -2.45. The van der Waals surface area contributed by atoms with E-state index in [0.29, 0.717) is 24.0 Å². The zero-order valence-electron chi connectivity index (χ0n) is 18.1. The highest BCUT2D eigenvalue weighted by atomic mass is 16.3. The normalized spacial score (nSPS) is 18.2. The van der Waals surface area contributed by atoms with E-state index in [-0.39, 0.29) is 17.8 Å². The minimum atomic E-state index is -0.531. The molecule has 1 aliphatic carbocycles. The molecule has 0 spiro atoms. The van der Waals surface area contributed by atoms with Crippen LogP contribution in [0.25, 0.3) is 21.6 Å². The molecule has 0 bridgehead atoms. The molecule has 1 aromatic carbocycles. The molecule has 1 saturated carbocycles. The Bertz CT molecular complexity index is 1320. The lowest BCUT2D eigenvalue weighted by Gasteiger charge is -2.28. The molecule has 33 heavy (non-hydrogen) atoms. The van der Waals surface area contributed by atoms with Gasteiger partial charge in [-0.1, -0.05) is 31.5 Å². The van der Waals surface area contributed by atoms with Crippen LogP contribution in [0.5, 0.6) is 0 Å². The van der Waals surface area contributed by atoms with Crippen LogP contribution in [-0.2, 0) is 6.54 Å². The maximum absolute atomic E-state index is 13.2. The Kier molecular flexibility index (Phi) is 5.63. The van der Waals surface area contributed by atoms with E-state index < -0.39 is 6.10 Å². The van der Waals surface area contributed by atoms with Crippen molar-refractivity contribution >= 4 is 22.8 Å². The molecule has 3 aromatic heterocycles. The van der Waals surface area contributed by atoms with Gasteiger partial charge in [-0.3, -0.25) is 4.79 Å². The Morgan fingerprint density at radius 3 is 2.73 bits per heavy atom. The highest BCUT2D eigenvalue weighted by Gasteiger charge is 2.27. The van der Waals surface area contributed by atoms with Crippen molar-refractivity contribution in [1.82, 2.24) is 24.6 Å². The summed E-state index contributed by atoms with van der Waals surface area (Å²) in [5.74, 6) is -0.0241. The molecule has 0 aliphatic heterocycles. The number of nitrogens with zero attached hydrogens (tertiary/aromatic N) is 5. The van der Waals surface area contributed by atoms with Crippen LogP contribution < -0.4 is 5.32 Å². The molecular formula is C25H24N6O2. The van der Waals surface area contributed by atoms with Gasteiger partial charge in [0.05, 0.1) is 23.3 Å². The number of nitrogens with one attached hydrogen (secondary N) is 1. The van der Waals surface area contributed by atoms with Gasteiger partial charge in [0, 0.05) is 25.1 Å². The zero-order chi connectivity index (χ0) is 22.8. The van der Waals surface area contributed by atoms with Crippen molar-refractivity contribution in [3.63, 3.8) is 0 Å². The SMILES string of the molecule is [C-]#[N+]c1ccc2c(n1)c(C(=O)N[C@H]1CCCC[C@@H]1O)cn2Cc1ccc(-n2cccn2)cc1. The van der Waals surface area contributed by atoms with Crippen molar-refractivity contribution < 1.29 is 9.90 Å². The third-order valence-electron chi connectivity index (χ3n) is 6.17. The molecule has 1 amide bonds. The van der Waals surface area contributed by atoms with E-state index in [1.807, 2.05) is 47.2 Å². The van der Waals surface area contributed by atoms with Crippen molar-refractivity contribution in [3.05, 3.63) is 83.6 Å². The monoisotopic (exact) mass is 440 g/mol. The van der Waals surface area contributed by atoms with E-state index in [9.17, 15) is 9.90 Å². The number of amides is 1. The summed E-state index contributed by atoms with van der Waals surface area (Å²) in [6.07, 6.45) is 8.30. The Morgan fingerprint density at radius 2 is 2.00 bits per heavy atom. The maximum Gasteiger partial charge on any atom is 0.270 e. The first-order chi connectivity index (χ1) is 16.1. The summed E-state index contributed by atoms with van der Waals surface area (Å²) in [7, 11) is 0. The molecule has 8 nitrogen and oxygen atoms in total. The van der Waals surface area contributed by atoms with Gasteiger partial charge < -0.3 is 19.8 Å². The molecule has 5 rings (SSSR count). The van der Waals surface area contributed by atoms with Crippen LogP contribution in [0, 0.1) is 6.57 Å². The summed E-state index contributed by atoms with van der Waals surface area (Å²) >= 11 is 0. The first kappa shape index (κ1) is 20.9. The van der Waals surface area contributed by atoms with Gasteiger partial charge in [0.1, 0.15) is 5.56 Å². The summed E-state index contributed by atoms with van der Waals surface area (Å²) in [6, 6.07) is 13.2. The van der Waals surface area contributed by atoms with E-state index in [2.05, 4.69) is 20.2 Å². The number of aliphatic hydroxyl groups excluding tert-OH is 1. The molecule has 8 heteroatoms. The molecule has 0 saturated heterocycles. The fourth-order valence-corrected chi connectivity index (χ4v) is 4.42. The van der Waals surface area contributed by atoms with Crippen LogP contribution in [0.4, 0.5) is 5.82 Å². The first-order valence-electron chi connectivity index (χ1n) is 11.1. The number of benzene rings is 1. The first-order valence-corrected chi connectivity index (χ1v) is 11.1. The second kappa shape index (κ2) is 8.88. The van der Waals surface area contributed by atoms with Crippen LogP contribution in [0.15, 0.2) is 61.1 Å². The molecule has 1 fully saturated rings. The van der Waals surface area contributed by atoms with Crippen molar-refractivity contribution in [2.75, 3.05) is 0 Å². The van der Waals surface area contributed by atoms with Crippen LogP contribution in [0.2, 0.25) is 0 Å². The third-order valence-corrected chi connectivity index (χ3v) is 6.17. The molecule has 4 aromatic rings. The zero-order valence-corrected chi connectivity index (χ0v) is 18.1. The summed E-state index contributed by atoms with van der Waals surface area (Å²) in [6.45, 7) is 7.86. The lowest BCUT2D eigenvalue weighted by atomic mass is 9.92. The number of rotatable bonds is 5. The van der Waals surface area contributed by atoms with Gasteiger partial charge in [0.2, 0.25) is 0 Å². The lowest BCUT2D eigenvalue weighted by molar-refractivity contribution is 0.0718. The molecule has 0 unspecified atom stereocenters. The second-order valence-electron chi connectivity index (χ2n) is 8.37. The predicted molar refractivity (Wildman–Crippen MR) is 124 cm³/mol. The molecule has 1 aliphatic rings. The van der Waals surface area contributed by atoms with Crippen molar-refractivity contribution in [3.8, 4) is 5.69 Å². The highest BCUT2D eigenvalue weighted by molar-refractivity contribution is 6.06. The third kappa shape index (κ3) is 4.23. The Balaban J connectivity index is 1.45. The molecule has 3 heterocycles.